The van der Waals surface area contributed by atoms with Crippen LogP contribution in [0.2, 0.25) is 0 Å². The Labute approximate surface area is 101 Å². The Hall–Kier alpha value is -2.17. The number of aromatic nitrogens is 1. The number of halogens is 3. The molecule has 0 aliphatic heterocycles. The van der Waals surface area contributed by atoms with Crippen LogP contribution in [0.4, 0.5) is 13.2 Å². The standard InChI is InChI=1S/C13H8F3NO/c1-7-6-17-5-4-8(7)13(18)9-2-3-10(14)12(16)11(9)15/h2-6H,1H3. The lowest BCUT2D eigenvalue weighted by molar-refractivity contribution is 0.103. The molecule has 2 aromatic rings. The van der Waals surface area contributed by atoms with Crippen molar-refractivity contribution in [1.82, 2.24) is 4.98 Å². The highest BCUT2D eigenvalue weighted by Crippen LogP contribution is 2.19. The van der Waals surface area contributed by atoms with Crippen molar-refractivity contribution in [2.75, 3.05) is 0 Å². The van der Waals surface area contributed by atoms with Crippen LogP contribution < -0.4 is 0 Å². The van der Waals surface area contributed by atoms with Crippen molar-refractivity contribution in [2.45, 2.75) is 6.92 Å². The highest BCUT2D eigenvalue weighted by atomic mass is 19.2. The first-order chi connectivity index (χ1) is 8.52. The molecule has 0 unspecified atom stereocenters. The Morgan fingerprint density at radius 1 is 1.06 bits per heavy atom. The molecule has 1 aromatic heterocycles. The number of hydrogen-bond acceptors (Lipinski definition) is 2. The van der Waals surface area contributed by atoms with Gasteiger partial charge in [0.1, 0.15) is 0 Å². The maximum atomic E-state index is 13.5. The summed E-state index contributed by atoms with van der Waals surface area (Å²) in [5, 5.41) is 0. The number of ketones is 1. The predicted octanol–water partition coefficient (Wildman–Crippen LogP) is 3.04. The van der Waals surface area contributed by atoms with E-state index in [1.807, 2.05) is 0 Å². The molecule has 92 valence electrons. The molecule has 0 radical (unpaired) electrons. The summed E-state index contributed by atoms with van der Waals surface area (Å²) < 4.78 is 39.3. The SMILES string of the molecule is Cc1cnccc1C(=O)c1ccc(F)c(F)c1F. The maximum Gasteiger partial charge on any atom is 0.196 e. The smallest absolute Gasteiger partial charge is 0.196 e. The van der Waals surface area contributed by atoms with Crippen molar-refractivity contribution in [2.24, 2.45) is 0 Å². The lowest BCUT2D eigenvalue weighted by atomic mass is 10.0. The Kier molecular flexibility index (Phi) is 3.14. The van der Waals surface area contributed by atoms with Gasteiger partial charge in [0.2, 0.25) is 0 Å². The molecule has 0 spiro atoms. The van der Waals surface area contributed by atoms with Gasteiger partial charge in [0.25, 0.3) is 0 Å². The summed E-state index contributed by atoms with van der Waals surface area (Å²) in [6.45, 7) is 1.62. The fourth-order valence-corrected chi connectivity index (χ4v) is 1.57. The second kappa shape index (κ2) is 4.60. The van der Waals surface area contributed by atoms with Crippen molar-refractivity contribution < 1.29 is 18.0 Å². The Morgan fingerprint density at radius 2 is 1.78 bits per heavy atom. The van der Waals surface area contributed by atoms with Gasteiger partial charge in [-0.25, -0.2) is 13.2 Å². The number of benzene rings is 1. The van der Waals surface area contributed by atoms with Crippen LogP contribution in [0.1, 0.15) is 21.5 Å². The van der Waals surface area contributed by atoms with E-state index in [0.29, 0.717) is 5.56 Å². The summed E-state index contributed by atoms with van der Waals surface area (Å²) in [6, 6.07) is 3.05. The molecule has 0 bridgehead atoms. The predicted molar refractivity (Wildman–Crippen MR) is 58.7 cm³/mol. The first-order valence-corrected chi connectivity index (χ1v) is 5.11. The average molecular weight is 251 g/mol. The summed E-state index contributed by atoms with van der Waals surface area (Å²) in [4.78, 5) is 15.8. The molecule has 0 saturated heterocycles. The first-order valence-electron chi connectivity index (χ1n) is 5.11. The molecule has 0 aliphatic rings. The van der Waals surface area contributed by atoms with E-state index in [9.17, 15) is 18.0 Å². The van der Waals surface area contributed by atoms with Gasteiger partial charge in [0, 0.05) is 18.0 Å². The average Bonchev–Trinajstić information content (AvgIpc) is 2.36. The molecular weight excluding hydrogens is 243 g/mol. The third kappa shape index (κ3) is 1.99. The van der Waals surface area contributed by atoms with Crippen LogP contribution in [-0.2, 0) is 0 Å². The molecule has 0 saturated carbocycles. The van der Waals surface area contributed by atoms with Gasteiger partial charge in [-0.15, -0.1) is 0 Å². The summed E-state index contributed by atoms with van der Waals surface area (Å²) in [6.07, 6.45) is 2.81. The molecular formula is C13H8F3NO. The number of pyridine rings is 1. The van der Waals surface area contributed by atoms with Crippen LogP contribution in [0, 0.1) is 24.4 Å². The summed E-state index contributed by atoms with van der Waals surface area (Å²) in [7, 11) is 0. The molecule has 2 nitrogen and oxygen atoms in total. The van der Waals surface area contributed by atoms with Crippen molar-refractivity contribution in [3.05, 3.63) is 64.7 Å². The van der Waals surface area contributed by atoms with Gasteiger partial charge in [0.05, 0.1) is 5.56 Å². The molecule has 18 heavy (non-hydrogen) atoms. The van der Waals surface area contributed by atoms with Crippen LogP contribution in [0.5, 0.6) is 0 Å². The minimum absolute atomic E-state index is 0.204. The largest absolute Gasteiger partial charge is 0.288 e. The molecule has 1 heterocycles. The minimum Gasteiger partial charge on any atom is -0.288 e. The Morgan fingerprint density at radius 3 is 2.44 bits per heavy atom. The molecule has 0 amide bonds. The zero-order valence-corrected chi connectivity index (χ0v) is 9.38. The van der Waals surface area contributed by atoms with E-state index in [4.69, 9.17) is 0 Å². The number of aryl methyl sites for hydroxylation is 1. The normalized spacial score (nSPS) is 10.4. The van der Waals surface area contributed by atoms with E-state index in [0.717, 1.165) is 12.1 Å². The second-order valence-corrected chi connectivity index (χ2v) is 3.74. The quantitative estimate of drug-likeness (QED) is 0.606. The van der Waals surface area contributed by atoms with Crippen LogP contribution in [-0.4, -0.2) is 10.8 Å². The van der Waals surface area contributed by atoms with Crippen LogP contribution in [0.25, 0.3) is 0 Å². The number of carbonyl (C=O) groups excluding carboxylic acids is 1. The monoisotopic (exact) mass is 251 g/mol. The summed E-state index contributed by atoms with van der Waals surface area (Å²) in [5.74, 6) is -5.15. The van der Waals surface area contributed by atoms with Crippen molar-refractivity contribution in [3.8, 4) is 0 Å². The van der Waals surface area contributed by atoms with Gasteiger partial charge in [0.15, 0.2) is 23.2 Å². The highest BCUT2D eigenvalue weighted by molar-refractivity contribution is 6.09. The van der Waals surface area contributed by atoms with E-state index >= 15 is 0 Å². The molecule has 0 aliphatic carbocycles. The molecule has 5 heteroatoms. The third-order valence-electron chi connectivity index (χ3n) is 2.54. The lowest BCUT2D eigenvalue weighted by Crippen LogP contribution is -2.08. The fourth-order valence-electron chi connectivity index (χ4n) is 1.57. The van der Waals surface area contributed by atoms with Gasteiger partial charge in [-0.2, -0.15) is 0 Å². The topological polar surface area (TPSA) is 30.0 Å². The molecule has 0 N–H and O–H groups in total. The maximum absolute atomic E-state index is 13.5. The third-order valence-corrected chi connectivity index (χ3v) is 2.54. The summed E-state index contributed by atoms with van der Waals surface area (Å²) in [5.41, 5.74) is 0.241. The number of nitrogens with zero attached hydrogens (tertiary/aromatic N) is 1. The molecule has 1 aromatic carbocycles. The van der Waals surface area contributed by atoms with Crippen LogP contribution in [0.3, 0.4) is 0 Å². The summed E-state index contributed by atoms with van der Waals surface area (Å²) >= 11 is 0. The van der Waals surface area contributed by atoms with E-state index in [2.05, 4.69) is 4.98 Å². The Balaban J connectivity index is 2.54. The van der Waals surface area contributed by atoms with E-state index in [1.165, 1.54) is 18.5 Å². The van der Waals surface area contributed by atoms with E-state index in [1.54, 1.807) is 6.92 Å². The second-order valence-electron chi connectivity index (χ2n) is 3.74. The van der Waals surface area contributed by atoms with Crippen LogP contribution in [0.15, 0.2) is 30.6 Å². The van der Waals surface area contributed by atoms with Gasteiger partial charge < -0.3 is 0 Å². The molecule has 0 atom stereocenters. The van der Waals surface area contributed by atoms with Gasteiger partial charge in [-0.05, 0) is 30.7 Å². The van der Waals surface area contributed by atoms with E-state index < -0.39 is 28.8 Å². The highest BCUT2D eigenvalue weighted by Gasteiger charge is 2.20. The van der Waals surface area contributed by atoms with E-state index in [-0.39, 0.29) is 5.56 Å². The zero-order valence-electron chi connectivity index (χ0n) is 9.38. The lowest BCUT2D eigenvalue weighted by Gasteiger charge is -2.06. The minimum atomic E-state index is -1.65. The Bertz CT molecular complexity index is 626. The van der Waals surface area contributed by atoms with Gasteiger partial charge in [-0.3, -0.25) is 9.78 Å². The van der Waals surface area contributed by atoms with Crippen molar-refractivity contribution in [3.63, 3.8) is 0 Å². The van der Waals surface area contributed by atoms with Crippen molar-refractivity contribution >= 4 is 5.78 Å². The van der Waals surface area contributed by atoms with Crippen molar-refractivity contribution in [1.29, 1.82) is 0 Å². The zero-order chi connectivity index (χ0) is 13.3. The fraction of sp³-hybridized carbons (Fsp3) is 0.0769. The first kappa shape index (κ1) is 12.3. The number of rotatable bonds is 2. The molecule has 0 fully saturated rings. The molecule has 2 rings (SSSR count). The van der Waals surface area contributed by atoms with Gasteiger partial charge >= 0.3 is 0 Å². The number of carbonyl (C=O) groups is 1. The number of hydrogen-bond donors (Lipinski definition) is 0. The van der Waals surface area contributed by atoms with Gasteiger partial charge in [-0.1, -0.05) is 0 Å². The van der Waals surface area contributed by atoms with Crippen LogP contribution >= 0.6 is 0 Å².